The standard InChI is InChI=1S/C22H27ClFN3O4S/c1-15-7-8-17(13-21(15)32(29,30)27-9-11-31-12-10-27)25-22(28)16(2)26(3)14-18-19(23)5-4-6-20(18)24/h4-8,13,16H,9-12,14H2,1-3H3,(H,25,28)/t16-/m1/s1. The normalized spacial score (nSPS) is 16.2. The molecule has 3 rings (SSSR count). The molecule has 1 aliphatic heterocycles. The van der Waals surface area contributed by atoms with Crippen LogP contribution in [0.3, 0.4) is 0 Å². The SMILES string of the molecule is Cc1ccc(NC(=O)[C@@H](C)N(C)Cc2c(F)cccc2Cl)cc1S(=O)(=O)N1CCOCC1. The number of carbonyl (C=O) groups excluding carboxylic acids is 1. The van der Waals surface area contributed by atoms with Crippen LogP contribution in [-0.2, 0) is 26.1 Å². The Hall–Kier alpha value is -2.04. The summed E-state index contributed by atoms with van der Waals surface area (Å²) in [5.41, 5.74) is 1.27. The zero-order chi connectivity index (χ0) is 23.5. The number of ether oxygens (including phenoxy) is 1. The van der Waals surface area contributed by atoms with Gasteiger partial charge in [0, 0.05) is 35.9 Å². The third kappa shape index (κ3) is 5.47. The van der Waals surface area contributed by atoms with Gasteiger partial charge in [0.15, 0.2) is 0 Å². The van der Waals surface area contributed by atoms with E-state index in [0.717, 1.165) is 0 Å². The molecular formula is C22H27ClFN3O4S. The van der Waals surface area contributed by atoms with Crippen molar-refractivity contribution in [2.45, 2.75) is 31.3 Å². The summed E-state index contributed by atoms with van der Waals surface area (Å²) in [6.45, 7) is 4.83. The van der Waals surface area contributed by atoms with E-state index in [-0.39, 0.29) is 17.3 Å². The number of rotatable bonds is 7. The highest BCUT2D eigenvalue weighted by molar-refractivity contribution is 7.89. The molecule has 0 spiro atoms. The lowest BCUT2D eigenvalue weighted by Crippen LogP contribution is -2.41. The third-order valence-corrected chi connectivity index (χ3v) is 7.95. The predicted molar refractivity (Wildman–Crippen MR) is 122 cm³/mol. The molecule has 10 heteroatoms. The van der Waals surface area contributed by atoms with Gasteiger partial charge in [-0.05, 0) is 50.7 Å². The van der Waals surface area contributed by atoms with Crippen molar-refractivity contribution in [3.8, 4) is 0 Å². The number of benzene rings is 2. The zero-order valence-electron chi connectivity index (χ0n) is 18.3. The van der Waals surface area contributed by atoms with E-state index in [1.807, 2.05) is 0 Å². The number of halogens is 2. The molecule has 0 aliphatic carbocycles. The highest BCUT2D eigenvalue weighted by Crippen LogP contribution is 2.25. The third-order valence-electron chi connectivity index (χ3n) is 5.55. The molecule has 0 saturated carbocycles. The maximum Gasteiger partial charge on any atom is 0.243 e. The van der Waals surface area contributed by atoms with Crippen LogP contribution >= 0.6 is 11.6 Å². The summed E-state index contributed by atoms with van der Waals surface area (Å²) in [7, 11) is -2.01. The number of amides is 1. The average molecular weight is 484 g/mol. The molecule has 1 saturated heterocycles. The molecule has 0 bridgehead atoms. The van der Waals surface area contributed by atoms with Crippen molar-refractivity contribution >= 4 is 33.2 Å². The summed E-state index contributed by atoms with van der Waals surface area (Å²) in [6, 6.07) is 8.62. The van der Waals surface area contributed by atoms with E-state index in [1.54, 1.807) is 44.0 Å². The summed E-state index contributed by atoms with van der Waals surface area (Å²) in [5, 5.41) is 3.06. The van der Waals surface area contributed by atoms with E-state index in [2.05, 4.69) is 5.32 Å². The fourth-order valence-electron chi connectivity index (χ4n) is 3.40. The summed E-state index contributed by atoms with van der Waals surface area (Å²) in [6.07, 6.45) is 0. The Morgan fingerprint density at radius 2 is 1.97 bits per heavy atom. The van der Waals surface area contributed by atoms with E-state index in [9.17, 15) is 17.6 Å². The number of hydrogen-bond acceptors (Lipinski definition) is 5. The fraction of sp³-hybridized carbons (Fsp3) is 0.409. The Labute approximate surface area is 193 Å². The van der Waals surface area contributed by atoms with Gasteiger partial charge in [0.25, 0.3) is 0 Å². The first-order valence-electron chi connectivity index (χ1n) is 10.2. The first-order chi connectivity index (χ1) is 15.1. The van der Waals surface area contributed by atoms with Gasteiger partial charge in [0.05, 0.1) is 24.2 Å². The second kappa shape index (κ2) is 10.3. The van der Waals surface area contributed by atoms with Crippen molar-refractivity contribution in [2.75, 3.05) is 38.7 Å². The van der Waals surface area contributed by atoms with Crippen LogP contribution in [0.2, 0.25) is 5.02 Å². The molecule has 32 heavy (non-hydrogen) atoms. The topological polar surface area (TPSA) is 79.0 Å². The molecule has 0 unspecified atom stereocenters. The van der Waals surface area contributed by atoms with Crippen LogP contribution in [0, 0.1) is 12.7 Å². The van der Waals surface area contributed by atoms with E-state index in [1.165, 1.54) is 22.5 Å². The first-order valence-corrected chi connectivity index (χ1v) is 12.1. The minimum Gasteiger partial charge on any atom is -0.379 e. The molecule has 0 radical (unpaired) electrons. The van der Waals surface area contributed by atoms with E-state index < -0.39 is 21.9 Å². The summed E-state index contributed by atoms with van der Waals surface area (Å²) < 4.78 is 46.8. The Bertz CT molecular complexity index is 1070. The van der Waals surface area contributed by atoms with Gasteiger partial charge in [0.2, 0.25) is 15.9 Å². The van der Waals surface area contributed by atoms with Gasteiger partial charge in [0.1, 0.15) is 5.82 Å². The second-order valence-corrected chi connectivity index (χ2v) is 10.1. The lowest BCUT2D eigenvalue weighted by atomic mass is 10.1. The zero-order valence-corrected chi connectivity index (χ0v) is 19.8. The van der Waals surface area contributed by atoms with Crippen molar-refractivity contribution in [2.24, 2.45) is 0 Å². The number of carbonyl (C=O) groups is 1. The Morgan fingerprint density at radius 1 is 1.28 bits per heavy atom. The number of nitrogens with one attached hydrogen (secondary N) is 1. The Kier molecular flexibility index (Phi) is 7.89. The average Bonchev–Trinajstić information content (AvgIpc) is 2.77. The van der Waals surface area contributed by atoms with Crippen LogP contribution in [-0.4, -0.2) is 62.9 Å². The van der Waals surface area contributed by atoms with E-state index in [0.29, 0.717) is 48.1 Å². The van der Waals surface area contributed by atoms with Gasteiger partial charge < -0.3 is 10.1 Å². The number of anilines is 1. The van der Waals surface area contributed by atoms with Crippen LogP contribution in [0.25, 0.3) is 0 Å². The highest BCUT2D eigenvalue weighted by Gasteiger charge is 2.28. The van der Waals surface area contributed by atoms with Crippen molar-refractivity contribution in [1.29, 1.82) is 0 Å². The minimum absolute atomic E-state index is 0.144. The van der Waals surface area contributed by atoms with Crippen LogP contribution < -0.4 is 5.32 Å². The first kappa shape index (κ1) is 24.6. The van der Waals surface area contributed by atoms with Crippen LogP contribution in [0.4, 0.5) is 10.1 Å². The van der Waals surface area contributed by atoms with Crippen LogP contribution in [0.1, 0.15) is 18.1 Å². The Morgan fingerprint density at radius 3 is 2.62 bits per heavy atom. The van der Waals surface area contributed by atoms with E-state index in [4.69, 9.17) is 16.3 Å². The number of aryl methyl sites for hydroxylation is 1. The number of hydrogen-bond donors (Lipinski definition) is 1. The molecule has 174 valence electrons. The molecule has 1 aliphatic rings. The Balaban J connectivity index is 1.74. The quantitative estimate of drug-likeness (QED) is 0.654. The lowest BCUT2D eigenvalue weighted by Gasteiger charge is -2.27. The maximum absolute atomic E-state index is 14.1. The molecule has 1 fully saturated rings. The van der Waals surface area contributed by atoms with Crippen LogP contribution in [0.15, 0.2) is 41.3 Å². The molecular weight excluding hydrogens is 457 g/mol. The van der Waals surface area contributed by atoms with Gasteiger partial charge in [-0.3, -0.25) is 9.69 Å². The number of sulfonamides is 1. The van der Waals surface area contributed by atoms with Gasteiger partial charge in [-0.25, -0.2) is 12.8 Å². The molecule has 1 N–H and O–H groups in total. The smallest absolute Gasteiger partial charge is 0.243 e. The molecule has 1 heterocycles. The summed E-state index contributed by atoms with van der Waals surface area (Å²) in [5.74, 6) is -0.785. The van der Waals surface area contributed by atoms with Crippen molar-refractivity contribution in [1.82, 2.24) is 9.21 Å². The second-order valence-electron chi connectivity index (χ2n) is 7.78. The maximum atomic E-state index is 14.1. The van der Waals surface area contributed by atoms with Gasteiger partial charge in [-0.1, -0.05) is 23.7 Å². The van der Waals surface area contributed by atoms with Crippen LogP contribution in [0.5, 0.6) is 0 Å². The molecule has 7 nitrogen and oxygen atoms in total. The lowest BCUT2D eigenvalue weighted by molar-refractivity contribution is -0.120. The van der Waals surface area contributed by atoms with Crippen molar-refractivity contribution < 1.29 is 22.3 Å². The number of nitrogens with zero attached hydrogens (tertiary/aromatic N) is 2. The van der Waals surface area contributed by atoms with Crippen molar-refractivity contribution in [3.05, 3.63) is 58.4 Å². The van der Waals surface area contributed by atoms with Crippen molar-refractivity contribution in [3.63, 3.8) is 0 Å². The number of morpholine rings is 1. The van der Waals surface area contributed by atoms with Gasteiger partial charge in [-0.15, -0.1) is 0 Å². The highest BCUT2D eigenvalue weighted by atomic mass is 35.5. The molecule has 1 atom stereocenters. The largest absolute Gasteiger partial charge is 0.379 e. The van der Waals surface area contributed by atoms with Gasteiger partial charge in [-0.2, -0.15) is 4.31 Å². The van der Waals surface area contributed by atoms with Gasteiger partial charge >= 0.3 is 0 Å². The summed E-state index contributed by atoms with van der Waals surface area (Å²) in [4.78, 5) is 14.6. The predicted octanol–water partition coefficient (Wildman–Crippen LogP) is 3.27. The monoisotopic (exact) mass is 483 g/mol. The number of likely N-dealkylation sites (N-methyl/N-ethyl adjacent to an activating group) is 1. The summed E-state index contributed by atoms with van der Waals surface area (Å²) >= 11 is 6.09. The molecule has 0 aromatic heterocycles. The molecule has 1 amide bonds. The minimum atomic E-state index is -3.70. The fourth-order valence-corrected chi connectivity index (χ4v) is 5.28. The molecule has 2 aromatic rings. The molecule has 2 aromatic carbocycles. The van der Waals surface area contributed by atoms with E-state index >= 15 is 0 Å².